The van der Waals surface area contributed by atoms with Crippen LogP contribution in [0.3, 0.4) is 0 Å². The molecule has 1 amide bonds. The van der Waals surface area contributed by atoms with E-state index in [0.29, 0.717) is 16.8 Å². The van der Waals surface area contributed by atoms with Gasteiger partial charge >= 0.3 is 0 Å². The summed E-state index contributed by atoms with van der Waals surface area (Å²) in [7, 11) is 0. The smallest absolute Gasteiger partial charge is 0.234 e. The molecule has 22 heavy (non-hydrogen) atoms. The maximum absolute atomic E-state index is 13.1. The molecular formula is C18H18FNO2. The molecule has 1 aliphatic rings. The summed E-state index contributed by atoms with van der Waals surface area (Å²) in [4.78, 5) is 12.2. The second-order valence-electron chi connectivity index (χ2n) is 6.31. The number of anilines is 1. The highest BCUT2D eigenvalue weighted by atomic mass is 19.1. The van der Waals surface area contributed by atoms with Crippen LogP contribution in [0, 0.1) is 12.7 Å². The monoisotopic (exact) mass is 299 g/mol. The number of aliphatic hydroxyl groups is 1. The first-order valence-electron chi connectivity index (χ1n) is 7.20. The van der Waals surface area contributed by atoms with Crippen molar-refractivity contribution in [2.45, 2.75) is 32.3 Å². The minimum absolute atomic E-state index is 0.0827. The lowest BCUT2D eigenvalue weighted by molar-refractivity contribution is -0.119. The van der Waals surface area contributed by atoms with Crippen molar-refractivity contribution in [3.63, 3.8) is 0 Å². The molecular weight excluding hydrogens is 281 g/mol. The maximum atomic E-state index is 13.1. The number of hydrogen-bond acceptors (Lipinski definition) is 2. The van der Waals surface area contributed by atoms with Gasteiger partial charge in [0, 0.05) is 5.56 Å². The number of aryl methyl sites for hydroxylation is 1. The molecule has 0 saturated carbocycles. The van der Waals surface area contributed by atoms with Gasteiger partial charge in [-0.05, 0) is 44.0 Å². The molecule has 3 nitrogen and oxygen atoms in total. The molecule has 1 atom stereocenters. The van der Waals surface area contributed by atoms with Crippen LogP contribution in [-0.2, 0) is 10.2 Å². The largest absolute Gasteiger partial charge is 0.384 e. The molecule has 2 N–H and O–H groups in total. The van der Waals surface area contributed by atoms with E-state index < -0.39 is 11.5 Å². The molecule has 4 heteroatoms. The van der Waals surface area contributed by atoms with E-state index in [1.807, 2.05) is 32.9 Å². The topological polar surface area (TPSA) is 49.3 Å². The van der Waals surface area contributed by atoms with Crippen LogP contribution in [0.2, 0.25) is 0 Å². The third-order valence-corrected chi connectivity index (χ3v) is 4.27. The van der Waals surface area contributed by atoms with Crippen LogP contribution in [0.5, 0.6) is 0 Å². The van der Waals surface area contributed by atoms with Crippen molar-refractivity contribution in [2.24, 2.45) is 0 Å². The van der Waals surface area contributed by atoms with Crippen molar-refractivity contribution in [1.82, 2.24) is 0 Å². The fourth-order valence-electron chi connectivity index (χ4n) is 2.88. The van der Waals surface area contributed by atoms with Gasteiger partial charge in [0.1, 0.15) is 11.9 Å². The second kappa shape index (κ2) is 4.92. The molecule has 2 aromatic rings. The Morgan fingerprint density at radius 1 is 1.18 bits per heavy atom. The molecule has 0 aliphatic carbocycles. The molecule has 2 aromatic carbocycles. The van der Waals surface area contributed by atoms with Crippen LogP contribution < -0.4 is 5.32 Å². The Labute approximate surface area is 128 Å². The molecule has 1 aliphatic heterocycles. The summed E-state index contributed by atoms with van der Waals surface area (Å²) in [6.45, 7) is 5.66. The third kappa shape index (κ3) is 2.20. The van der Waals surface area contributed by atoms with Crippen molar-refractivity contribution in [3.05, 3.63) is 64.5 Å². The summed E-state index contributed by atoms with van der Waals surface area (Å²) >= 11 is 0. The van der Waals surface area contributed by atoms with Crippen LogP contribution in [-0.4, -0.2) is 11.0 Å². The van der Waals surface area contributed by atoms with Gasteiger partial charge in [-0.1, -0.05) is 29.8 Å². The molecule has 0 aromatic heterocycles. The minimum atomic E-state index is -0.913. The average Bonchev–Trinajstić information content (AvgIpc) is 2.69. The molecule has 1 unspecified atom stereocenters. The van der Waals surface area contributed by atoms with E-state index in [4.69, 9.17) is 0 Å². The summed E-state index contributed by atoms with van der Waals surface area (Å²) in [5, 5.41) is 13.5. The molecule has 0 bridgehead atoms. The van der Waals surface area contributed by atoms with Gasteiger partial charge in [0.2, 0.25) is 5.91 Å². The molecule has 0 radical (unpaired) electrons. The Balaban J connectivity index is 2.13. The SMILES string of the molecule is Cc1cc(C(O)c2ccc(F)cc2)c2c(c1)C(C)(C)C(=O)N2. The zero-order chi connectivity index (χ0) is 16.1. The minimum Gasteiger partial charge on any atom is -0.384 e. The van der Waals surface area contributed by atoms with Gasteiger partial charge in [-0.25, -0.2) is 4.39 Å². The van der Waals surface area contributed by atoms with Crippen LogP contribution in [0.1, 0.15) is 42.2 Å². The maximum Gasteiger partial charge on any atom is 0.234 e. The van der Waals surface area contributed by atoms with E-state index in [2.05, 4.69) is 5.32 Å². The number of amides is 1. The number of halogens is 1. The highest BCUT2D eigenvalue weighted by Crippen LogP contribution is 2.43. The van der Waals surface area contributed by atoms with Gasteiger partial charge < -0.3 is 10.4 Å². The van der Waals surface area contributed by atoms with E-state index in [9.17, 15) is 14.3 Å². The number of nitrogens with one attached hydrogen (secondary N) is 1. The molecule has 114 valence electrons. The number of hydrogen-bond donors (Lipinski definition) is 2. The van der Waals surface area contributed by atoms with Crippen molar-refractivity contribution in [1.29, 1.82) is 0 Å². The lowest BCUT2D eigenvalue weighted by Gasteiger charge is -2.19. The molecule has 0 fully saturated rings. The number of fused-ring (bicyclic) bond motifs is 1. The van der Waals surface area contributed by atoms with Gasteiger partial charge in [0.15, 0.2) is 0 Å². The molecule has 1 heterocycles. The second-order valence-corrected chi connectivity index (χ2v) is 6.31. The van der Waals surface area contributed by atoms with E-state index in [1.165, 1.54) is 12.1 Å². The van der Waals surface area contributed by atoms with Gasteiger partial charge in [-0.15, -0.1) is 0 Å². The quantitative estimate of drug-likeness (QED) is 0.892. The van der Waals surface area contributed by atoms with Crippen LogP contribution in [0.15, 0.2) is 36.4 Å². The zero-order valence-corrected chi connectivity index (χ0v) is 12.8. The Morgan fingerprint density at radius 2 is 1.82 bits per heavy atom. The standard InChI is InChI=1S/C18H18FNO2/c1-10-8-13(16(21)11-4-6-12(19)7-5-11)15-14(9-10)18(2,3)17(22)20-15/h4-9,16,21H,1-3H3,(H,20,22). The van der Waals surface area contributed by atoms with Crippen LogP contribution in [0.25, 0.3) is 0 Å². The molecule has 0 spiro atoms. The first kappa shape index (κ1) is 14.7. The van der Waals surface area contributed by atoms with Crippen molar-refractivity contribution < 1.29 is 14.3 Å². The van der Waals surface area contributed by atoms with E-state index >= 15 is 0 Å². The molecule has 0 saturated heterocycles. The number of carbonyl (C=O) groups excluding carboxylic acids is 1. The Morgan fingerprint density at radius 3 is 2.45 bits per heavy atom. The summed E-state index contributed by atoms with van der Waals surface area (Å²) in [5.41, 5.74) is 3.12. The summed E-state index contributed by atoms with van der Waals surface area (Å²) < 4.78 is 13.1. The number of benzene rings is 2. The Hall–Kier alpha value is -2.20. The summed E-state index contributed by atoms with van der Waals surface area (Å²) in [5.74, 6) is -0.430. The van der Waals surface area contributed by atoms with Crippen LogP contribution in [0.4, 0.5) is 10.1 Å². The van der Waals surface area contributed by atoms with E-state index in [0.717, 1.165) is 11.1 Å². The Bertz CT molecular complexity index is 750. The third-order valence-electron chi connectivity index (χ3n) is 4.27. The number of rotatable bonds is 2. The summed E-state index contributed by atoms with van der Waals surface area (Å²) in [6, 6.07) is 9.56. The summed E-state index contributed by atoms with van der Waals surface area (Å²) in [6.07, 6.45) is -0.913. The highest BCUT2D eigenvalue weighted by molar-refractivity contribution is 6.06. The lowest BCUT2D eigenvalue weighted by Crippen LogP contribution is -2.26. The van der Waals surface area contributed by atoms with Crippen molar-refractivity contribution in [2.75, 3.05) is 5.32 Å². The first-order chi connectivity index (χ1) is 10.3. The van der Waals surface area contributed by atoms with Crippen LogP contribution >= 0.6 is 0 Å². The highest BCUT2D eigenvalue weighted by Gasteiger charge is 2.40. The van der Waals surface area contributed by atoms with Gasteiger partial charge in [-0.3, -0.25) is 4.79 Å². The normalized spacial score (nSPS) is 17.0. The van der Waals surface area contributed by atoms with E-state index in [1.54, 1.807) is 12.1 Å². The number of aliphatic hydroxyl groups excluding tert-OH is 1. The van der Waals surface area contributed by atoms with Gasteiger partial charge in [0.05, 0.1) is 11.1 Å². The van der Waals surface area contributed by atoms with Crippen molar-refractivity contribution in [3.8, 4) is 0 Å². The first-order valence-corrected chi connectivity index (χ1v) is 7.20. The molecule has 3 rings (SSSR count). The van der Waals surface area contributed by atoms with Gasteiger partial charge in [-0.2, -0.15) is 0 Å². The van der Waals surface area contributed by atoms with Crippen molar-refractivity contribution >= 4 is 11.6 Å². The fraction of sp³-hybridized carbons (Fsp3) is 0.278. The fourth-order valence-corrected chi connectivity index (χ4v) is 2.88. The van der Waals surface area contributed by atoms with Gasteiger partial charge in [0.25, 0.3) is 0 Å². The Kier molecular flexibility index (Phi) is 3.29. The predicted molar refractivity (Wildman–Crippen MR) is 83.3 cm³/mol. The zero-order valence-electron chi connectivity index (χ0n) is 12.8. The van der Waals surface area contributed by atoms with E-state index in [-0.39, 0.29) is 11.7 Å². The predicted octanol–water partition coefficient (Wildman–Crippen LogP) is 3.45. The number of carbonyl (C=O) groups is 1. The lowest BCUT2D eigenvalue weighted by atomic mass is 9.83. The average molecular weight is 299 g/mol.